The summed E-state index contributed by atoms with van der Waals surface area (Å²) in [4.78, 5) is 2.70. The van der Waals surface area contributed by atoms with Crippen molar-refractivity contribution in [3.05, 3.63) is 0 Å². The van der Waals surface area contributed by atoms with Crippen LogP contribution in [0.1, 0.15) is 41.5 Å². The number of fused-ring (bicyclic) bond motifs is 2. The molecule has 2 saturated heterocycles. The Morgan fingerprint density at radius 2 is 1.67 bits per heavy atom. The first-order valence-electron chi connectivity index (χ1n) is 6.21. The molecule has 0 aromatic rings. The van der Waals surface area contributed by atoms with E-state index in [9.17, 15) is 0 Å². The van der Waals surface area contributed by atoms with Gasteiger partial charge in [0.1, 0.15) is 0 Å². The summed E-state index contributed by atoms with van der Waals surface area (Å²) in [7, 11) is 0. The molecule has 2 heteroatoms. The number of hydrogen-bond acceptors (Lipinski definition) is 2. The lowest BCUT2D eigenvalue weighted by Crippen LogP contribution is -2.52. The summed E-state index contributed by atoms with van der Waals surface area (Å²) in [6, 6.07) is 1.46. The van der Waals surface area contributed by atoms with E-state index in [2.05, 4.69) is 51.8 Å². The first-order valence-corrected chi connectivity index (χ1v) is 6.21. The molecule has 0 spiro atoms. The summed E-state index contributed by atoms with van der Waals surface area (Å²) >= 11 is 0. The van der Waals surface area contributed by atoms with Crippen molar-refractivity contribution in [3.63, 3.8) is 0 Å². The van der Waals surface area contributed by atoms with E-state index >= 15 is 0 Å². The largest absolute Gasteiger partial charge is 0.311 e. The van der Waals surface area contributed by atoms with Crippen LogP contribution in [-0.4, -0.2) is 35.6 Å². The van der Waals surface area contributed by atoms with E-state index in [0.29, 0.717) is 17.0 Å². The number of piperazine rings is 1. The maximum Gasteiger partial charge on any atom is 0.0275 e. The zero-order chi connectivity index (χ0) is 11.4. The molecular weight excluding hydrogens is 184 g/mol. The van der Waals surface area contributed by atoms with Gasteiger partial charge in [0.2, 0.25) is 0 Å². The van der Waals surface area contributed by atoms with Crippen LogP contribution in [0.15, 0.2) is 0 Å². The van der Waals surface area contributed by atoms with E-state index < -0.39 is 0 Å². The topological polar surface area (TPSA) is 15.3 Å². The molecule has 3 atom stereocenters. The van der Waals surface area contributed by atoms with E-state index in [1.165, 1.54) is 13.1 Å². The van der Waals surface area contributed by atoms with E-state index in [1.807, 2.05) is 0 Å². The van der Waals surface area contributed by atoms with Crippen LogP contribution in [-0.2, 0) is 0 Å². The molecule has 15 heavy (non-hydrogen) atoms. The predicted molar refractivity (Wildman–Crippen MR) is 65.0 cm³/mol. The van der Waals surface area contributed by atoms with Gasteiger partial charge < -0.3 is 5.32 Å². The molecule has 0 aliphatic carbocycles. The average Bonchev–Trinajstić information content (AvgIpc) is 2.55. The minimum atomic E-state index is 0.324. The molecule has 0 aromatic carbocycles. The fourth-order valence-electron chi connectivity index (χ4n) is 3.58. The van der Waals surface area contributed by atoms with Gasteiger partial charge in [-0.2, -0.15) is 0 Å². The van der Waals surface area contributed by atoms with Gasteiger partial charge in [-0.05, 0) is 32.1 Å². The van der Waals surface area contributed by atoms with Crippen molar-refractivity contribution < 1.29 is 0 Å². The Balaban J connectivity index is 2.20. The Labute approximate surface area is 94.4 Å². The van der Waals surface area contributed by atoms with Gasteiger partial charge in [-0.15, -0.1) is 0 Å². The Kier molecular flexibility index (Phi) is 2.44. The van der Waals surface area contributed by atoms with Crippen LogP contribution in [0.3, 0.4) is 0 Å². The quantitative estimate of drug-likeness (QED) is 0.659. The van der Waals surface area contributed by atoms with Crippen LogP contribution in [0, 0.1) is 11.3 Å². The van der Waals surface area contributed by atoms with Gasteiger partial charge in [-0.25, -0.2) is 0 Å². The zero-order valence-electron chi connectivity index (χ0n) is 11.1. The highest BCUT2D eigenvalue weighted by Gasteiger charge is 2.53. The van der Waals surface area contributed by atoms with E-state index in [4.69, 9.17) is 0 Å². The minimum absolute atomic E-state index is 0.324. The molecule has 2 fully saturated rings. The molecule has 2 rings (SSSR count). The van der Waals surface area contributed by atoms with Gasteiger partial charge in [-0.1, -0.05) is 20.8 Å². The van der Waals surface area contributed by atoms with Gasteiger partial charge in [0, 0.05) is 30.7 Å². The average molecular weight is 210 g/mol. The van der Waals surface area contributed by atoms with Crippen molar-refractivity contribution in [2.45, 2.75) is 59.2 Å². The highest BCUT2D eigenvalue weighted by Crippen LogP contribution is 2.44. The van der Waals surface area contributed by atoms with Crippen LogP contribution >= 0.6 is 0 Å². The van der Waals surface area contributed by atoms with Crippen LogP contribution in [0.2, 0.25) is 0 Å². The first kappa shape index (κ1) is 11.4. The lowest BCUT2D eigenvalue weighted by Gasteiger charge is -2.40. The fourth-order valence-corrected chi connectivity index (χ4v) is 3.58. The maximum atomic E-state index is 3.67. The van der Waals surface area contributed by atoms with Crippen LogP contribution in [0.4, 0.5) is 0 Å². The molecule has 2 bridgehead atoms. The van der Waals surface area contributed by atoms with E-state index in [0.717, 1.165) is 12.0 Å². The van der Waals surface area contributed by atoms with Gasteiger partial charge in [0.15, 0.2) is 0 Å². The second-order valence-electron chi connectivity index (χ2n) is 7.30. The van der Waals surface area contributed by atoms with Crippen molar-refractivity contribution in [3.8, 4) is 0 Å². The lowest BCUT2D eigenvalue weighted by molar-refractivity contribution is 0.0849. The first-order chi connectivity index (χ1) is 6.71. The molecule has 2 nitrogen and oxygen atoms in total. The summed E-state index contributed by atoms with van der Waals surface area (Å²) in [5.74, 6) is 0.816. The molecule has 2 aliphatic rings. The smallest absolute Gasteiger partial charge is 0.0275 e. The summed E-state index contributed by atoms with van der Waals surface area (Å²) in [5.41, 5.74) is 0.754. The molecular formula is C13H26N2. The SMILES string of the molecule is CC(C)(C)C1C2CN(C(C)(C)C)C1CN2. The third-order valence-electron chi connectivity index (χ3n) is 4.09. The van der Waals surface area contributed by atoms with Crippen LogP contribution in [0.25, 0.3) is 0 Å². The minimum Gasteiger partial charge on any atom is -0.311 e. The zero-order valence-corrected chi connectivity index (χ0v) is 11.1. The Morgan fingerprint density at radius 1 is 1.07 bits per heavy atom. The highest BCUT2D eigenvalue weighted by molar-refractivity contribution is 5.10. The number of likely N-dealkylation sites (tertiary alicyclic amines) is 1. The lowest BCUT2D eigenvalue weighted by atomic mass is 9.76. The van der Waals surface area contributed by atoms with Crippen molar-refractivity contribution in [2.75, 3.05) is 13.1 Å². The van der Waals surface area contributed by atoms with Crippen molar-refractivity contribution in [1.82, 2.24) is 10.2 Å². The molecule has 88 valence electrons. The third kappa shape index (κ3) is 1.83. The number of nitrogens with one attached hydrogen (secondary N) is 1. The summed E-state index contributed by atoms with van der Waals surface area (Å²) in [6.07, 6.45) is 0. The van der Waals surface area contributed by atoms with Crippen LogP contribution in [0.5, 0.6) is 0 Å². The van der Waals surface area contributed by atoms with Crippen molar-refractivity contribution in [1.29, 1.82) is 0 Å². The van der Waals surface area contributed by atoms with Gasteiger partial charge in [0.25, 0.3) is 0 Å². The van der Waals surface area contributed by atoms with Crippen molar-refractivity contribution >= 4 is 0 Å². The molecule has 0 radical (unpaired) electrons. The van der Waals surface area contributed by atoms with Gasteiger partial charge in [0.05, 0.1) is 0 Å². The van der Waals surface area contributed by atoms with E-state index in [-0.39, 0.29) is 0 Å². The summed E-state index contributed by atoms with van der Waals surface area (Å²) in [6.45, 7) is 16.6. The van der Waals surface area contributed by atoms with Gasteiger partial charge in [-0.3, -0.25) is 4.90 Å². The monoisotopic (exact) mass is 210 g/mol. The molecule has 0 saturated carbocycles. The maximum absolute atomic E-state index is 3.67. The molecule has 0 aromatic heterocycles. The number of rotatable bonds is 0. The third-order valence-corrected chi connectivity index (χ3v) is 4.09. The summed E-state index contributed by atoms with van der Waals surface area (Å²) in [5, 5.41) is 3.67. The standard InChI is InChI=1S/C13H26N2/c1-12(2,3)11-9-8-15(13(4,5)6)10(11)7-14-9/h9-11,14H,7-8H2,1-6H3. The Morgan fingerprint density at radius 3 is 2.00 bits per heavy atom. The van der Waals surface area contributed by atoms with Gasteiger partial charge >= 0.3 is 0 Å². The molecule has 3 unspecified atom stereocenters. The molecule has 0 amide bonds. The Hall–Kier alpha value is -0.0800. The molecule has 2 aliphatic heterocycles. The highest BCUT2D eigenvalue weighted by atomic mass is 15.3. The predicted octanol–water partition coefficient (Wildman–Crippen LogP) is 2.10. The second-order valence-corrected chi connectivity index (χ2v) is 7.30. The second kappa shape index (κ2) is 3.21. The fraction of sp³-hybridized carbons (Fsp3) is 1.00. The summed E-state index contributed by atoms with van der Waals surface area (Å²) < 4.78 is 0. The normalized spacial score (nSPS) is 37.6. The van der Waals surface area contributed by atoms with Crippen LogP contribution < -0.4 is 5.32 Å². The van der Waals surface area contributed by atoms with E-state index in [1.54, 1.807) is 0 Å². The number of nitrogens with zero attached hydrogens (tertiary/aromatic N) is 1. The molecule has 1 N–H and O–H groups in total. The van der Waals surface area contributed by atoms with Crippen molar-refractivity contribution in [2.24, 2.45) is 11.3 Å². The Bertz CT molecular complexity index is 246. The molecule has 2 heterocycles. The number of hydrogen-bond donors (Lipinski definition) is 1.